The maximum atomic E-state index is 12.6. The highest BCUT2D eigenvalue weighted by Crippen LogP contribution is 2.55. The summed E-state index contributed by atoms with van der Waals surface area (Å²) in [6.07, 6.45) is 0.142. The summed E-state index contributed by atoms with van der Waals surface area (Å²) >= 11 is 0. The van der Waals surface area contributed by atoms with E-state index in [0.717, 1.165) is 13.1 Å². The molecule has 3 heteroatoms. The third-order valence-corrected chi connectivity index (χ3v) is 3.11. The van der Waals surface area contributed by atoms with Crippen LogP contribution >= 0.6 is 0 Å². The molecular formula is C9H15F2N. The molecule has 2 aliphatic rings. The molecule has 0 amide bonds. The van der Waals surface area contributed by atoms with E-state index in [9.17, 15) is 8.78 Å². The predicted molar refractivity (Wildman–Crippen MR) is 43.3 cm³/mol. The SMILES string of the molecule is CC(C)N1CC(C2CC2(F)F)C1. The second kappa shape index (κ2) is 2.41. The number of hydrogen-bond donors (Lipinski definition) is 0. The van der Waals surface area contributed by atoms with Crippen molar-refractivity contribution in [2.24, 2.45) is 11.8 Å². The first-order chi connectivity index (χ1) is 5.50. The normalized spacial score (nSPS) is 35.2. The number of alkyl halides is 2. The molecule has 0 spiro atoms. The molecule has 2 rings (SSSR count). The van der Waals surface area contributed by atoms with Gasteiger partial charge in [0.05, 0.1) is 0 Å². The van der Waals surface area contributed by atoms with E-state index in [1.165, 1.54) is 0 Å². The first-order valence-corrected chi connectivity index (χ1v) is 4.62. The summed E-state index contributed by atoms with van der Waals surface area (Å²) in [5.74, 6) is -2.32. The summed E-state index contributed by atoms with van der Waals surface area (Å²) in [6.45, 7) is 6.00. The third-order valence-electron chi connectivity index (χ3n) is 3.11. The van der Waals surface area contributed by atoms with E-state index in [1.54, 1.807) is 0 Å². The topological polar surface area (TPSA) is 3.24 Å². The first-order valence-electron chi connectivity index (χ1n) is 4.62. The van der Waals surface area contributed by atoms with Gasteiger partial charge in [-0.15, -0.1) is 0 Å². The number of nitrogens with zero attached hydrogens (tertiary/aromatic N) is 1. The van der Waals surface area contributed by atoms with Crippen LogP contribution in [-0.2, 0) is 0 Å². The zero-order chi connectivity index (χ0) is 8.93. The van der Waals surface area contributed by atoms with Crippen LogP contribution in [0.15, 0.2) is 0 Å². The van der Waals surface area contributed by atoms with E-state index in [2.05, 4.69) is 18.7 Å². The van der Waals surface area contributed by atoms with Crippen LogP contribution in [0.1, 0.15) is 20.3 Å². The summed E-state index contributed by atoms with van der Waals surface area (Å²) in [7, 11) is 0. The van der Waals surface area contributed by atoms with Gasteiger partial charge in [-0.2, -0.15) is 0 Å². The van der Waals surface area contributed by atoms with Gasteiger partial charge >= 0.3 is 0 Å². The number of halogens is 2. The standard InChI is InChI=1S/C9H15F2N/c1-6(2)12-4-7(5-12)8-3-9(8,10)11/h6-8H,3-5H2,1-2H3. The molecule has 12 heavy (non-hydrogen) atoms. The Labute approximate surface area is 71.7 Å². The van der Waals surface area contributed by atoms with Crippen molar-refractivity contribution in [3.05, 3.63) is 0 Å². The zero-order valence-electron chi connectivity index (χ0n) is 7.56. The minimum Gasteiger partial charge on any atom is -0.300 e. The monoisotopic (exact) mass is 175 g/mol. The molecule has 1 saturated heterocycles. The number of rotatable bonds is 2. The third kappa shape index (κ3) is 1.24. The number of hydrogen-bond acceptors (Lipinski definition) is 1. The molecule has 1 heterocycles. The fourth-order valence-corrected chi connectivity index (χ4v) is 1.97. The van der Waals surface area contributed by atoms with E-state index in [-0.39, 0.29) is 18.3 Å². The van der Waals surface area contributed by atoms with Crippen LogP contribution < -0.4 is 0 Å². The van der Waals surface area contributed by atoms with Crippen molar-refractivity contribution in [3.8, 4) is 0 Å². The molecule has 0 N–H and O–H groups in total. The highest BCUT2D eigenvalue weighted by Gasteiger charge is 2.62. The van der Waals surface area contributed by atoms with Crippen molar-refractivity contribution >= 4 is 0 Å². The average Bonchev–Trinajstić information content (AvgIpc) is 2.34. The van der Waals surface area contributed by atoms with Gasteiger partial charge in [0.15, 0.2) is 0 Å². The van der Waals surface area contributed by atoms with E-state index < -0.39 is 5.92 Å². The smallest absolute Gasteiger partial charge is 0.252 e. The summed E-state index contributed by atoms with van der Waals surface area (Å²) < 4.78 is 25.2. The van der Waals surface area contributed by atoms with Crippen LogP contribution in [0, 0.1) is 11.8 Å². The van der Waals surface area contributed by atoms with E-state index >= 15 is 0 Å². The largest absolute Gasteiger partial charge is 0.300 e. The molecule has 1 unspecified atom stereocenters. The highest BCUT2D eigenvalue weighted by molar-refractivity contribution is 5.03. The van der Waals surface area contributed by atoms with Crippen LogP contribution in [0.4, 0.5) is 8.78 Å². The van der Waals surface area contributed by atoms with Gasteiger partial charge in [-0.3, -0.25) is 0 Å². The molecule has 1 saturated carbocycles. The van der Waals surface area contributed by atoms with Gasteiger partial charge in [0.2, 0.25) is 0 Å². The Morgan fingerprint density at radius 1 is 1.33 bits per heavy atom. The van der Waals surface area contributed by atoms with E-state index in [4.69, 9.17) is 0 Å². The molecule has 1 aliphatic carbocycles. The second-order valence-corrected chi connectivity index (χ2v) is 4.38. The Morgan fingerprint density at radius 3 is 2.17 bits per heavy atom. The van der Waals surface area contributed by atoms with E-state index in [0.29, 0.717) is 6.04 Å². The van der Waals surface area contributed by atoms with Gasteiger partial charge in [-0.1, -0.05) is 0 Å². The van der Waals surface area contributed by atoms with Crippen LogP contribution in [0.5, 0.6) is 0 Å². The summed E-state index contributed by atoms with van der Waals surface area (Å²) in [4.78, 5) is 2.25. The zero-order valence-corrected chi connectivity index (χ0v) is 7.56. The Hall–Kier alpha value is -0.180. The molecule has 0 bridgehead atoms. The van der Waals surface area contributed by atoms with Crippen LogP contribution in [0.3, 0.4) is 0 Å². The maximum Gasteiger partial charge on any atom is 0.252 e. The first kappa shape index (κ1) is 8.42. The molecule has 70 valence electrons. The lowest BCUT2D eigenvalue weighted by molar-refractivity contribution is 0.0123. The summed E-state index contributed by atoms with van der Waals surface area (Å²) in [5, 5.41) is 0. The van der Waals surface area contributed by atoms with Gasteiger partial charge < -0.3 is 4.90 Å². The Morgan fingerprint density at radius 2 is 1.83 bits per heavy atom. The molecule has 2 fully saturated rings. The lowest BCUT2D eigenvalue weighted by Crippen LogP contribution is -2.51. The predicted octanol–water partition coefficient (Wildman–Crippen LogP) is 1.98. The Bertz CT molecular complexity index is 185. The van der Waals surface area contributed by atoms with Gasteiger partial charge in [-0.05, 0) is 19.8 Å². The fourth-order valence-electron chi connectivity index (χ4n) is 1.97. The van der Waals surface area contributed by atoms with Crippen molar-refractivity contribution in [2.75, 3.05) is 13.1 Å². The minimum absolute atomic E-state index is 0.142. The lowest BCUT2D eigenvalue weighted by atomic mass is 9.93. The second-order valence-electron chi connectivity index (χ2n) is 4.38. The van der Waals surface area contributed by atoms with Crippen molar-refractivity contribution in [1.29, 1.82) is 0 Å². The number of likely N-dealkylation sites (tertiary alicyclic amines) is 1. The fraction of sp³-hybridized carbons (Fsp3) is 1.00. The lowest BCUT2D eigenvalue weighted by Gasteiger charge is -2.42. The Kier molecular flexibility index (Phi) is 1.69. The van der Waals surface area contributed by atoms with Crippen molar-refractivity contribution in [2.45, 2.75) is 32.2 Å². The molecule has 1 nitrogen and oxygen atoms in total. The minimum atomic E-state index is -2.31. The maximum absolute atomic E-state index is 12.6. The van der Waals surface area contributed by atoms with E-state index in [1.807, 2.05) is 0 Å². The van der Waals surface area contributed by atoms with Crippen molar-refractivity contribution in [3.63, 3.8) is 0 Å². The highest BCUT2D eigenvalue weighted by atomic mass is 19.3. The molecule has 0 aromatic carbocycles. The van der Waals surface area contributed by atoms with Crippen molar-refractivity contribution < 1.29 is 8.78 Å². The average molecular weight is 175 g/mol. The molecule has 0 radical (unpaired) electrons. The quantitative estimate of drug-likeness (QED) is 0.620. The van der Waals surface area contributed by atoms with Crippen LogP contribution in [0.25, 0.3) is 0 Å². The van der Waals surface area contributed by atoms with Crippen LogP contribution in [0.2, 0.25) is 0 Å². The van der Waals surface area contributed by atoms with Gasteiger partial charge in [0.1, 0.15) is 0 Å². The van der Waals surface area contributed by atoms with Crippen molar-refractivity contribution in [1.82, 2.24) is 4.90 Å². The Balaban J connectivity index is 1.76. The molecule has 0 aromatic heterocycles. The van der Waals surface area contributed by atoms with Gasteiger partial charge in [0, 0.05) is 31.5 Å². The van der Waals surface area contributed by atoms with Crippen LogP contribution in [-0.4, -0.2) is 30.0 Å². The summed E-state index contributed by atoms with van der Waals surface area (Å²) in [6, 6.07) is 0.522. The molecule has 1 atom stereocenters. The van der Waals surface area contributed by atoms with Gasteiger partial charge in [0.25, 0.3) is 5.92 Å². The summed E-state index contributed by atoms with van der Waals surface area (Å²) in [5.41, 5.74) is 0. The molecule has 1 aliphatic heterocycles. The van der Waals surface area contributed by atoms with Gasteiger partial charge in [-0.25, -0.2) is 8.78 Å². The molecular weight excluding hydrogens is 160 g/mol. The molecule has 0 aromatic rings.